The second-order valence-corrected chi connectivity index (χ2v) is 5.46. The van der Waals surface area contributed by atoms with Crippen LogP contribution >= 0.6 is 0 Å². The fourth-order valence-corrected chi connectivity index (χ4v) is 1.71. The van der Waals surface area contributed by atoms with Gasteiger partial charge in [0.25, 0.3) is 0 Å². The third-order valence-electron chi connectivity index (χ3n) is 2.72. The molecular formula is C15H24FNO2. The van der Waals surface area contributed by atoms with E-state index in [2.05, 4.69) is 12.2 Å². The highest BCUT2D eigenvalue weighted by Crippen LogP contribution is 2.26. The van der Waals surface area contributed by atoms with Crippen molar-refractivity contribution in [2.75, 3.05) is 13.2 Å². The predicted octanol–water partition coefficient (Wildman–Crippen LogP) is 3.04. The van der Waals surface area contributed by atoms with Gasteiger partial charge >= 0.3 is 0 Å². The van der Waals surface area contributed by atoms with Crippen molar-refractivity contribution in [3.05, 3.63) is 29.6 Å². The van der Waals surface area contributed by atoms with Gasteiger partial charge in [0.15, 0.2) is 0 Å². The first-order valence-electron chi connectivity index (χ1n) is 6.71. The lowest BCUT2D eigenvalue weighted by Crippen LogP contribution is -2.28. The van der Waals surface area contributed by atoms with Crippen LogP contribution < -0.4 is 10.1 Å². The normalized spacial score (nSPS) is 13.4. The van der Waals surface area contributed by atoms with Crippen LogP contribution in [0.2, 0.25) is 0 Å². The molecule has 0 aliphatic rings. The van der Waals surface area contributed by atoms with Gasteiger partial charge in [0.1, 0.15) is 18.2 Å². The Morgan fingerprint density at radius 1 is 1.42 bits per heavy atom. The second kappa shape index (κ2) is 6.87. The first kappa shape index (κ1) is 15.9. The van der Waals surface area contributed by atoms with Crippen molar-refractivity contribution >= 4 is 0 Å². The Morgan fingerprint density at radius 3 is 2.68 bits per heavy atom. The molecule has 1 unspecified atom stereocenters. The van der Waals surface area contributed by atoms with Crippen LogP contribution in [0.15, 0.2) is 18.2 Å². The molecule has 3 nitrogen and oxygen atoms in total. The lowest BCUT2D eigenvalue weighted by atomic mass is 10.1. The van der Waals surface area contributed by atoms with Crippen LogP contribution in [-0.4, -0.2) is 23.9 Å². The van der Waals surface area contributed by atoms with E-state index in [4.69, 9.17) is 4.74 Å². The Balaban J connectivity index is 2.85. The van der Waals surface area contributed by atoms with Crippen molar-refractivity contribution < 1.29 is 14.2 Å². The first-order chi connectivity index (χ1) is 8.83. The summed E-state index contributed by atoms with van der Waals surface area (Å²) in [5.74, 6) is 0.329. The third kappa shape index (κ3) is 5.57. The van der Waals surface area contributed by atoms with Gasteiger partial charge in [0, 0.05) is 11.6 Å². The molecule has 0 saturated carbocycles. The minimum Gasteiger partial charge on any atom is -0.490 e. The maximum atomic E-state index is 13.4. The molecule has 0 aliphatic carbocycles. The number of benzene rings is 1. The fraction of sp³-hybridized carbons (Fsp3) is 0.600. The van der Waals surface area contributed by atoms with E-state index in [9.17, 15) is 9.50 Å². The van der Waals surface area contributed by atoms with E-state index in [1.165, 1.54) is 12.1 Å². The van der Waals surface area contributed by atoms with Gasteiger partial charge in [-0.15, -0.1) is 0 Å². The van der Waals surface area contributed by atoms with Gasteiger partial charge in [-0.25, -0.2) is 4.39 Å². The van der Waals surface area contributed by atoms with Crippen molar-refractivity contribution in [1.29, 1.82) is 0 Å². The number of rotatable bonds is 7. The van der Waals surface area contributed by atoms with Crippen molar-refractivity contribution in [2.45, 2.75) is 45.8 Å². The molecular weight excluding hydrogens is 245 g/mol. The maximum Gasteiger partial charge on any atom is 0.124 e. The molecule has 0 radical (unpaired) electrons. The molecule has 0 aromatic heterocycles. The summed E-state index contributed by atoms with van der Waals surface area (Å²) in [6, 6.07) is 4.47. The number of aliphatic hydroxyl groups is 1. The summed E-state index contributed by atoms with van der Waals surface area (Å²) < 4.78 is 19.0. The summed E-state index contributed by atoms with van der Waals surface area (Å²) in [7, 11) is 0. The second-order valence-electron chi connectivity index (χ2n) is 5.46. The SMILES string of the molecule is CCCNC(C)c1cc(F)ccc1OCC(C)(C)O. The summed E-state index contributed by atoms with van der Waals surface area (Å²) in [5, 5.41) is 13.0. The molecule has 1 aromatic carbocycles. The molecule has 19 heavy (non-hydrogen) atoms. The first-order valence-corrected chi connectivity index (χ1v) is 6.71. The molecule has 2 N–H and O–H groups in total. The lowest BCUT2D eigenvalue weighted by molar-refractivity contribution is 0.0280. The molecule has 0 amide bonds. The van der Waals surface area contributed by atoms with Crippen LogP contribution in [0.25, 0.3) is 0 Å². The average Bonchev–Trinajstić information content (AvgIpc) is 2.33. The van der Waals surface area contributed by atoms with E-state index in [0.29, 0.717) is 5.75 Å². The topological polar surface area (TPSA) is 41.5 Å². The highest BCUT2D eigenvalue weighted by molar-refractivity contribution is 5.36. The lowest BCUT2D eigenvalue weighted by Gasteiger charge is -2.22. The zero-order valence-electron chi connectivity index (χ0n) is 12.2. The summed E-state index contributed by atoms with van der Waals surface area (Å²) in [5.41, 5.74) is -0.135. The van der Waals surface area contributed by atoms with Crippen LogP contribution in [0.3, 0.4) is 0 Å². The van der Waals surface area contributed by atoms with E-state index in [-0.39, 0.29) is 18.5 Å². The summed E-state index contributed by atoms with van der Waals surface area (Å²) >= 11 is 0. The molecule has 0 bridgehead atoms. The quantitative estimate of drug-likeness (QED) is 0.799. The molecule has 0 spiro atoms. The van der Waals surface area contributed by atoms with Gasteiger partial charge in [-0.1, -0.05) is 6.92 Å². The van der Waals surface area contributed by atoms with Crippen molar-refractivity contribution in [3.63, 3.8) is 0 Å². The Kier molecular flexibility index (Phi) is 5.76. The van der Waals surface area contributed by atoms with Gasteiger partial charge < -0.3 is 15.2 Å². The Labute approximate surface area is 114 Å². The summed E-state index contributed by atoms with van der Waals surface area (Å²) in [4.78, 5) is 0. The maximum absolute atomic E-state index is 13.4. The van der Waals surface area contributed by atoms with Gasteiger partial charge in [0.05, 0.1) is 5.60 Å². The van der Waals surface area contributed by atoms with Gasteiger partial charge in [-0.2, -0.15) is 0 Å². The van der Waals surface area contributed by atoms with Gasteiger partial charge in [-0.3, -0.25) is 0 Å². The van der Waals surface area contributed by atoms with Crippen LogP contribution in [0.1, 0.15) is 45.7 Å². The molecule has 1 rings (SSSR count). The molecule has 0 fully saturated rings. The Bertz CT molecular complexity index is 402. The molecule has 108 valence electrons. The number of ether oxygens (including phenoxy) is 1. The highest BCUT2D eigenvalue weighted by atomic mass is 19.1. The number of halogens is 1. The highest BCUT2D eigenvalue weighted by Gasteiger charge is 2.17. The number of hydrogen-bond acceptors (Lipinski definition) is 3. The molecule has 4 heteroatoms. The van der Waals surface area contributed by atoms with Gasteiger partial charge in [0.2, 0.25) is 0 Å². The zero-order valence-corrected chi connectivity index (χ0v) is 12.2. The fourth-order valence-electron chi connectivity index (χ4n) is 1.71. The van der Waals surface area contributed by atoms with E-state index in [1.807, 2.05) is 6.92 Å². The minimum absolute atomic E-state index is 0.00690. The Morgan fingerprint density at radius 2 is 2.11 bits per heavy atom. The number of hydrogen-bond donors (Lipinski definition) is 2. The standard InChI is InChI=1S/C15H24FNO2/c1-5-8-17-11(2)13-9-12(16)6-7-14(13)19-10-15(3,4)18/h6-7,9,11,17-18H,5,8,10H2,1-4H3. The van der Waals surface area contributed by atoms with E-state index >= 15 is 0 Å². The molecule has 0 aliphatic heterocycles. The average molecular weight is 269 g/mol. The molecule has 0 saturated heterocycles. The summed E-state index contributed by atoms with van der Waals surface area (Å²) in [6.07, 6.45) is 1.01. The molecule has 1 atom stereocenters. The van der Waals surface area contributed by atoms with Crippen LogP contribution in [0.4, 0.5) is 4.39 Å². The van der Waals surface area contributed by atoms with Crippen LogP contribution in [0, 0.1) is 5.82 Å². The van der Waals surface area contributed by atoms with Crippen LogP contribution in [-0.2, 0) is 0 Å². The third-order valence-corrected chi connectivity index (χ3v) is 2.72. The zero-order chi connectivity index (χ0) is 14.5. The van der Waals surface area contributed by atoms with Crippen LogP contribution in [0.5, 0.6) is 5.75 Å². The van der Waals surface area contributed by atoms with Crippen molar-refractivity contribution in [3.8, 4) is 5.75 Å². The predicted molar refractivity (Wildman–Crippen MR) is 74.9 cm³/mol. The molecule has 1 aromatic rings. The van der Waals surface area contributed by atoms with E-state index < -0.39 is 5.60 Å². The van der Waals surface area contributed by atoms with Crippen molar-refractivity contribution in [2.24, 2.45) is 0 Å². The Hall–Kier alpha value is -1.13. The van der Waals surface area contributed by atoms with E-state index in [1.54, 1.807) is 19.9 Å². The molecule has 0 heterocycles. The monoisotopic (exact) mass is 269 g/mol. The summed E-state index contributed by atoms with van der Waals surface area (Å²) in [6.45, 7) is 8.44. The largest absolute Gasteiger partial charge is 0.490 e. The van der Waals surface area contributed by atoms with E-state index in [0.717, 1.165) is 18.5 Å². The smallest absolute Gasteiger partial charge is 0.124 e. The minimum atomic E-state index is -0.911. The van der Waals surface area contributed by atoms with Crippen molar-refractivity contribution in [1.82, 2.24) is 5.32 Å². The number of nitrogens with one attached hydrogen (secondary N) is 1. The van der Waals surface area contributed by atoms with Gasteiger partial charge in [-0.05, 0) is 51.9 Å².